The van der Waals surface area contributed by atoms with Crippen LogP contribution in [0.1, 0.15) is 41.5 Å². The van der Waals surface area contributed by atoms with E-state index in [4.69, 9.17) is 5.73 Å². The van der Waals surface area contributed by atoms with E-state index in [2.05, 4.69) is 4.98 Å². The highest BCUT2D eigenvalue weighted by atomic mass is 16.2. The summed E-state index contributed by atoms with van der Waals surface area (Å²) in [5.41, 5.74) is 8.74. The van der Waals surface area contributed by atoms with Crippen molar-refractivity contribution in [2.24, 2.45) is 11.7 Å². The Bertz CT molecular complexity index is 757. The van der Waals surface area contributed by atoms with Crippen LogP contribution in [-0.4, -0.2) is 39.2 Å². The van der Waals surface area contributed by atoms with Gasteiger partial charge in [-0.05, 0) is 43.9 Å². The lowest BCUT2D eigenvalue weighted by molar-refractivity contribution is -0.123. The van der Waals surface area contributed by atoms with Crippen molar-refractivity contribution < 1.29 is 9.59 Å². The third-order valence-corrected chi connectivity index (χ3v) is 4.58. The summed E-state index contributed by atoms with van der Waals surface area (Å²) < 4.78 is 1.87. The molecule has 2 amide bonds. The molecular weight excluding hydrogens is 292 g/mol. The molecule has 0 aromatic carbocycles. The molecule has 2 N–H and O–H groups in total. The van der Waals surface area contributed by atoms with Crippen LogP contribution in [0.3, 0.4) is 0 Å². The van der Waals surface area contributed by atoms with Gasteiger partial charge < -0.3 is 10.6 Å². The molecule has 122 valence electrons. The highest BCUT2D eigenvalue weighted by Gasteiger charge is 2.29. The van der Waals surface area contributed by atoms with Crippen molar-refractivity contribution in [3.05, 3.63) is 35.3 Å². The van der Waals surface area contributed by atoms with Crippen LogP contribution in [0, 0.1) is 12.8 Å². The van der Waals surface area contributed by atoms with Crippen LogP contribution in [0.5, 0.6) is 0 Å². The van der Waals surface area contributed by atoms with E-state index in [0.717, 1.165) is 16.9 Å². The minimum atomic E-state index is -0.267. The molecule has 0 unspecified atom stereocenters. The fraction of sp³-hybridized carbons (Fsp3) is 0.471. The van der Waals surface area contributed by atoms with E-state index in [0.29, 0.717) is 38.0 Å². The van der Waals surface area contributed by atoms with Crippen molar-refractivity contribution >= 4 is 17.5 Å². The van der Waals surface area contributed by atoms with Crippen LogP contribution >= 0.6 is 0 Å². The molecule has 2 aromatic heterocycles. The SMILES string of the molecule is CCc1nc2cc(C)ccn2c1C(=O)N1CCC(C(N)=O)CC1. The number of likely N-dealkylation sites (tertiary alicyclic amines) is 1. The molecule has 23 heavy (non-hydrogen) atoms. The number of primary amides is 1. The second-order valence-electron chi connectivity index (χ2n) is 6.16. The summed E-state index contributed by atoms with van der Waals surface area (Å²) in [6.07, 6.45) is 3.89. The molecule has 6 heteroatoms. The standard InChI is InChI=1S/C17H22N4O2/c1-3-13-15(21-9-4-11(2)10-14(21)19-13)17(23)20-7-5-12(6-8-20)16(18)22/h4,9-10,12H,3,5-8H2,1-2H3,(H2,18,22). The minimum Gasteiger partial charge on any atom is -0.369 e. The summed E-state index contributed by atoms with van der Waals surface area (Å²) in [6, 6.07) is 3.96. The van der Waals surface area contributed by atoms with Gasteiger partial charge in [0.1, 0.15) is 11.3 Å². The van der Waals surface area contributed by atoms with Gasteiger partial charge in [0.2, 0.25) is 5.91 Å². The Morgan fingerprint density at radius 2 is 2.04 bits per heavy atom. The van der Waals surface area contributed by atoms with Gasteiger partial charge in [-0.25, -0.2) is 4.98 Å². The molecule has 6 nitrogen and oxygen atoms in total. The van der Waals surface area contributed by atoms with E-state index in [1.54, 1.807) is 0 Å². The molecule has 0 bridgehead atoms. The third kappa shape index (κ3) is 2.81. The molecular formula is C17H22N4O2. The molecule has 2 aromatic rings. The fourth-order valence-electron chi connectivity index (χ4n) is 3.19. The molecule has 3 heterocycles. The Labute approximate surface area is 135 Å². The van der Waals surface area contributed by atoms with Gasteiger partial charge in [-0.1, -0.05) is 6.92 Å². The fourth-order valence-corrected chi connectivity index (χ4v) is 3.19. The number of amides is 2. The van der Waals surface area contributed by atoms with E-state index in [1.165, 1.54) is 0 Å². The van der Waals surface area contributed by atoms with Gasteiger partial charge in [-0.3, -0.25) is 14.0 Å². The number of carbonyl (C=O) groups excluding carboxylic acids is 2. The Morgan fingerprint density at radius 3 is 2.65 bits per heavy atom. The quantitative estimate of drug-likeness (QED) is 0.933. The maximum atomic E-state index is 13.0. The molecule has 0 atom stereocenters. The van der Waals surface area contributed by atoms with Crippen LogP contribution in [0.2, 0.25) is 0 Å². The maximum Gasteiger partial charge on any atom is 0.272 e. The van der Waals surface area contributed by atoms with E-state index >= 15 is 0 Å². The number of hydrogen-bond donors (Lipinski definition) is 1. The number of pyridine rings is 1. The predicted octanol–water partition coefficient (Wildman–Crippen LogP) is 1.54. The zero-order valence-electron chi connectivity index (χ0n) is 13.6. The molecule has 1 aliphatic rings. The van der Waals surface area contributed by atoms with Crippen molar-refractivity contribution in [1.29, 1.82) is 0 Å². The average molecular weight is 314 g/mol. The molecule has 0 aliphatic carbocycles. The average Bonchev–Trinajstić information content (AvgIpc) is 2.91. The van der Waals surface area contributed by atoms with Gasteiger partial charge in [-0.15, -0.1) is 0 Å². The third-order valence-electron chi connectivity index (χ3n) is 4.58. The lowest BCUT2D eigenvalue weighted by Crippen LogP contribution is -2.42. The lowest BCUT2D eigenvalue weighted by Gasteiger charge is -2.30. The van der Waals surface area contributed by atoms with Crippen molar-refractivity contribution in [2.45, 2.75) is 33.1 Å². The number of hydrogen-bond acceptors (Lipinski definition) is 3. The minimum absolute atomic E-state index is 0.0128. The number of fused-ring (bicyclic) bond motifs is 1. The van der Waals surface area contributed by atoms with E-state index in [9.17, 15) is 9.59 Å². The summed E-state index contributed by atoms with van der Waals surface area (Å²) in [5, 5.41) is 0. The molecule has 1 fully saturated rings. The first-order valence-corrected chi connectivity index (χ1v) is 8.07. The number of imidazole rings is 1. The summed E-state index contributed by atoms with van der Waals surface area (Å²) in [5.74, 6) is -0.396. The van der Waals surface area contributed by atoms with Gasteiger partial charge >= 0.3 is 0 Å². The normalized spacial score (nSPS) is 16.0. The summed E-state index contributed by atoms with van der Waals surface area (Å²) in [7, 11) is 0. The Kier molecular flexibility index (Phi) is 4.07. The smallest absolute Gasteiger partial charge is 0.272 e. The predicted molar refractivity (Wildman–Crippen MR) is 87.1 cm³/mol. The van der Waals surface area contributed by atoms with Crippen molar-refractivity contribution in [3.63, 3.8) is 0 Å². The molecule has 1 saturated heterocycles. The summed E-state index contributed by atoms with van der Waals surface area (Å²) >= 11 is 0. The van der Waals surface area contributed by atoms with Gasteiger partial charge in [0.05, 0.1) is 5.69 Å². The Morgan fingerprint density at radius 1 is 1.35 bits per heavy atom. The first-order valence-electron chi connectivity index (χ1n) is 8.07. The molecule has 1 aliphatic heterocycles. The number of nitrogens with zero attached hydrogens (tertiary/aromatic N) is 3. The van der Waals surface area contributed by atoms with E-state index in [1.807, 2.05) is 41.5 Å². The van der Waals surface area contributed by atoms with Crippen LogP contribution in [-0.2, 0) is 11.2 Å². The lowest BCUT2D eigenvalue weighted by atomic mass is 9.96. The van der Waals surface area contributed by atoms with Gasteiger partial charge in [0, 0.05) is 25.2 Å². The summed E-state index contributed by atoms with van der Waals surface area (Å²) in [4.78, 5) is 30.6. The van der Waals surface area contributed by atoms with Crippen LogP contribution in [0.25, 0.3) is 5.65 Å². The van der Waals surface area contributed by atoms with Crippen molar-refractivity contribution in [1.82, 2.24) is 14.3 Å². The Hall–Kier alpha value is -2.37. The highest BCUT2D eigenvalue weighted by Crippen LogP contribution is 2.21. The Balaban J connectivity index is 1.90. The zero-order chi connectivity index (χ0) is 16.6. The first kappa shape index (κ1) is 15.5. The van der Waals surface area contributed by atoms with Crippen LogP contribution < -0.4 is 5.73 Å². The first-order chi connectivity index (χ1) is 11.0. The molecule has 0 radical (unpaired) electrons. The molecule has 0 spiro atoms. The summed E-state index contributed by atoms with van der Waals surface area (Å²) in [6.45, 7) is 5.14. The maximum absolute atomic E-state index is 13.0. The second kappa shape index (κ2) is 6.02. The zero-order valence-corrected chi connectivity index (χ0v) is 13.6. The van der Waals surface area contributed by atoms with Crippen molar-refractivity contribution in [2.75, 3.05) is 13.1 Å². The van der Waals surface area contributed by atoms with Crippen LogP contribution in [0.15, 0.2) is 18.3 Å². The number of aromatic nitrogens is 2. The number of piperidine rings is 1. The highest BCUT2D eigenvalue weighted by molar-refractivity contribution is 5.95. The number of nitrogens with two attached hydrogens (primary N) is 1. The van der Waals surface area contributed by atoms with Gasteiger partial charge in [0.15, 0.2) is 0 Å². The van der Waals surface area contributed by atoms with Gasteiger partial charge in [0.25, 0.3) is 5.91 Å². The van der Waals surface area contributed by atoms with Gasteiger partial charge in [-0.2, -0.15) is 0 Å². The van der Waals surface area contributed by atoms with Crippen molar-refractivity contribution in [3.8, 4) is 0 Å². The van der Waals surface area contributed by atoms with Crippen LogP contribution in [0.4, 0.5) is 0 Å². The number of aryl methyl sites for hydroxylation is 2. The van der Waals surface area contributed by atoms with E-state index in [-0.39, 0.29) is 17.7 Å². The largest absolute Gasteiger partial charge is 0.369 e. The monoisotopic (exact) mass is 314 g/mol. The number of rotatable bonds is 3. The topological polar surface area (TPSA) is 80.7 Å². The van der Waals surface area contributed by atoms with E-state index < -0.39 is 0 Å². The molecule has 0 saturated carbocycles. The second-order valence-corrected chi connectivity index (χ2v) is 6.16. The molecule has 3 rings (SSSR count). The number of carbonyl (C=O) groups is 2.